The standard InChI is InChI=1S/C13H17FN2/c1-8(2)13-10-6-9(14)4-5-11(10)16(3)12(13)7-15/h4-6,8H,7,15H2,1-3H3. The summed E-state index contributed by atoms with van der Waals surface area (Å²) >= 11 is 0. The number of rotatable bonds is 2. The van der Waals surface area contributed by atoms with Crippen LogP contribution in [0.2, 0.25) is 0 Å². The SMILES string of the molecule is CC(C)c1c(CN)n(C)c2ccc(F)cc12. The van der Waals surface area contributed by atoms with Crippen LogP contribution in [0, 0.1) is 5.82 Å². The highest BCUT2D eigenvalue weighted by atomic mass is 19.1. The molecule has 0 spiro atoms. The minimum Gasteiger partial charge on any atom is -0.346 e. The number of benzene rings is 1. The van der Waals surface area contributed by atoms with Gasteiger partial charge in [-0.3, -0.25) is 0 Å². The van der Waals surface area contributed by atoms with Crippen LogP contribution in [0.25, 0.3) is 10.9 Å². The van der Waals surface area contributed by atoms with E-state index < -0.39 is 0 Å². The van der Waals surface area contributed by atoms with Crippen molar-refractivity contribution in [2.24, 2.45) is 12.8 Å². The van der Waals surface area contributed by atoms with Gasteiger partial charge in [-0.1, -0.05) is 13.8 Å². The summed E-state index contributed by atoms with van der Waals surface area (Å²) in [6.07, 6.45) is 0. The van der Waals surface area contributed by atoms with Crippen molar-refractivity contribution in [3.63, 3.8) is 0 Å². The number of nitrogens with zero attached hydrogens (tertiary/aromatic N) is 1. The van der Waals surface area contributed by atoms with Crippen LogP contribution in [0.1, 0.15) is 31.0 Å². The first kappa shape index (κ1) is 11.1. The Kier molecular flexibility index (Phi) is 2.72. The smallest absolute Gasteiger partial charge is 0.123 e. The normalized spacial score (nSPS) is 11.6. The van der Waals surface area contributed by atoms with Gasteiger partial charge in [-0.05, 0) is 29.7 Å². The lowest BCUT2D eigenvalue weighted by atomic mass is 9.99. The molecule has 0 aliphatic heterocycles. The lowest BCUT2D eigenvalue weighted by Gasteiger charge is -2.08. The fourth-order valence-corrected chi connectivity index (χ4v) is 2.39. The van der Waals surface area contributed by atoms with Crippen molar-refractivity contribution in [1.29, 1.82) is 0 Å². The minimum absolute atomic E-state index is 0.191. The molecule has 0 saturated carbocycles. The zero-order valence-electron chi connectivity index (χ0n) is 9.92. The van der Waals surface area contributed by atoms with Crippen molar-refractivity contribution in [3.8, 4) is 0 Å². The minimum atomic E-state index is -0.191. The van der Waals surface area contributed by atoms with Gasteiger partial charge >= 0.3 is 0 Å². The Bertz CT molecular complexity index is 526. The summed E-state index contributed by atoms with van der Waals surface area (Å²) in [5.74, 6) is 0.160. The number of fused-ring (bicyclic) bond motifs is 1. The second-order valence-corrected chi connectivity index (χ2v) is 4.44. The van der Waals surface area contributed by atoms with Gasteiger partial charge in [0.05, 0.1) is 0 Å². The van der Waals surface area contributed by atoms with E-state index in [1.54, 1.807) is 6.07 Å². The van der Waals surface area contributed by atoms with Crippen molar-refractivity contribution < 1.29 is 4.39 Å². The van der Waals surface area contributed by atoms with Gasteiger partial charge in [0.2, 0.25) is 0 Å². The quantitative estimate of drug-likeness (QED) is 0.829. The summed E-state index contributed by atoms with van der Waals surface area (Å²) in [6, 6.07) is 4.91. The van der Waals surface area contributed by atoms with E-state index in [4.69, 9.17) is 5.73 Å². The second kappa shape index (κ2) is 3.91. The maximum absolute atomic E-state index is 13.3. The van der Waals surface area contributed by atoms with E-state index >= 15 is 0 Å². The summed E-state index contributed by atoms with van der Waals surface area (Å²) in [7, 11) is 1.98. The van der Waals surface area contributed by atoms with Crippen molar-refractivity contribution in [1.82, 2.24) is 4.57 Å². The van der Waals surface area contributed by atoms with Gasteiger partial charge in [0, 0.05) is 30.2 Å². The molecule has 0 aliphatic carbocycles. The van der Waals surface area contributed by atoms with Crippen molar-refractivity contribution in [3.05, 3.63) is 35.3 Å². The third-order valence-electron chi connectivity index (χ3n) is 3.10. The number of halogens is 1. The molecule has 1 aromatic carbocycles. The van der Waals surface area contributed by atoms with E-state index in [9.17, 15) is 4.39 Å². The maximum Gasteiger partial charge on any atom is 0.123 e. The van der Waals surface area contributed by atoms with Crippen molar-refractivity contribution in [2.45, 2.75) is 26.3 Å². The second-order valence-electron chi connectivity index (χ2n) is 4.44. The summed E-state index contributed by atoms with van der Waals surface area (Å²) < 4.78 is 15.3. The molecular weight excluding hydrogens is 203 g/mol. The van der Waals surface area contributed by atoms with Crippen molar-refractivity contribution in [2.75, 3.05) is 0 Å². The highest BCUT2D eigenvalue weighted by Crippen LogP contribution is 2.31. The third-order valence-corrected chi connectivity index (χ3v) is 3.10. The average molecular weight is 220 g/mol. The lowest BCUT2D eigenvalue weighted by Crippen LogP contribution is -2.06. The molecule has 0 bridgehead atoms. The molecule has 2 nitrogen and oxygen atoms in total. The van der Waals surface area contributed by atoms with Gasteiger partial charge in [-0.25, -0.2) is 4.39 Å². The molecule has 2 N–H and O–H groups in total. The first-order chi connectivity index (χ1) is 7.56. The van der Waals surface area contributed by atoms with Gasteiger partial charge in [-0.2, -0.15) is 0 Å². The Balaban J connectivity index is 2.87. The molecule has 0 fully saturated rings. The zero-order chi connectivity index (χ0) is 11.9. The number of aromatic nitrogens is 1. The topological polar surface area (TPSA) is 30.9 Å². The first-order valence-electron chi connectivity index (χ1n) is 5.53. The molecule has 0 radical (unpaired) electrons. The fourth-order valence-electron chi connectivity index (χ4n) is 2.39. The molecule has 2 rings (SSSR count). The van der Waals surface area contributed by atoms with Gasteiger partial charge in [0.1, 0.15) is 5.82 Å². The largest absolute Gasteiger partial charge is 0.346 e. The molecular formula is C13H17FN2. The Hall–Kier alpha value is -1.35. The molecule has 0 amide bonds. The summed E-state index contributed by atoms with van der Waals surface area (Å²) in [6.45, 7) is 4.71. The predicted octanol–water partition coefficient (Wildman–Crippen LogP) is 2.90. The molecule has 0 unspecified atom stereocenters. The number of hydrogen-bond acceptors (Lipinski definition) is 1. The van der Waals surface area contributed by atoms with E-state index in [1.165, 1.54) is 11.6 Å². The Morgan fingerprint density at radius 2 is 2.06 bits per heavy atom. The molecule has 0 atom stereocenters. The van der Waals surface area contributed by atoms with E-state index in [2.05, 4.69) is 18.4 Å². The average Bonchev–Trinajstić information content (AvgIpc) is 2.50. The maximum atomic E-state index is 13.3. The summed E-state index contributed by atoms with van der Waals surface area (Å²) in [4.78, 5) is 0. The Morgan fingerprint density at radius 1 is 1.38 bits per heavy atom. The number of aryl methyl sites for hydroxylation is 1. The first-order valence-corrected chi connectivity index (χ1v) is 5.53. The van der Waals surface area contributed by atoms with Crippen LogP contribution in [0.15, 0.2) is 18.2 Å². The van der Waals surface area contributed by atoms with E-state index in [1.807, 2.05) is 13.1 Å². The van der Waals surface area contributed by atoms with E-state index in [0.717, 1.165) is 16.6 Å². The highest BCUT2D eigenvalue weighted by Gasteiger charge is 2.16. The molecule has 86 valence electrons. The van der Waals surface area contributed by atoms with Crippen molar-refractivity contribution >= 4 is 10.9 Å². The van der Waals surface area contributed by atoms with Gasteiger partial charge in [0.25, 0.3) is 0 Å². The molecule has 3 heteroatoms. The number of nitrogens with two attached hydrogens (primary N) is 1. The van der Waals surface area contributed by atoms with Crippen LogP contribution in [-0.2, 0) is 13.6 Å². The molecule has 0 saturated heterocycles. The molecule has 1 heterocycles. The predicted molar refractivity (Wildman–Crippen MR) is 64.9 cm³/mol. The highest BCUT2D eigenvalue weighted by molar-refractivity contribution is 5.86. The van der Waals surface area contributed by atoms with Crippen LogP contribution >= 0.6 is 0 Å². The van der Waals surface area contributed by atoms with Crippen LogP contribution in [0.5, 0.6) is 0 Å². The third kappa shape index (κ3) is 1.52. The lowest BCUT2D eigenvalue weighted by molar-refractivity contribution is 0.629. The van der Waals surface area contributed by atoms with Crippen LogP contribution in [-0.4, -0.2) is 4.57 Å². The van der Waals surface area contributed by atoms with Crippen LogP contribution < -0.4 is 5.73 Å². The van der Waals surface area contributed by atoms with E-state index in [-0.39, 0.29) is 5.82 Å². The Morgan fingerprint density at radius 3 is 2.62 bits per heavy atom. The number of hydrogen-bond donors (Lipinski definition) is 1. The van der Waals surface area contributed by atoms with Crippen LogP contribution in [0.3, 0.4) is 0 Å². The molecule has 0 aliphatic rings. The monoisotopic (exact) mass is 220 g/mol. The summed E-state index contributed by atoms with van der Waals surface area (Å²) in [5.41, 5.74) is 9.08. The van der Waals surface area contributed by atoms with Gasteiger partial charge in [0.15, 0.2) is 0 Å². The van der Waals surface area contributed by atoms with Crippen LogP contribution in [0.4, 0.5) is 4.39 Å². The van der Waals surface area contributed by atoms with E-state index in [0.29, 0.717) is 12.5 Å². The van der Waals surface area contributed by atoms with Gasteiger partial charge < -0.3 is 10.3 Å². The summed E-state index contributed by atoms with van der Waals surface area (Å²) in [5, 5.41) is 0.984. The fraction of sp³-hybridized carbons (Fsp3) is 0.385. The zero-order valence-corrected chi connectivity index (χ0v) is 9.92. The Labute approximate surface area is 94.9 Å². The molecule has 16 heavy (non-hydrogen) atoms. The molecule has 2 aromatic rings. The molecule has 1 aromatic heterocycles. The van der Waals surface area contributed by atoms with Gasteiger partial charge in [-0.15, -0.1) is 0 Å².